The first kappa shape index (κ1) is 39.2. The standard InChI is InChI=1S/C16H23N3O2.C16H6.CH4.HN3.O2.7H2/c1-19(2)6-5-12-9-17-15-4-3-11(8-14(12)15)7-13-10-21-16(20)18-13;1-3-5-7-9-11-13-15-16-14-12-10-8-6-4-2;;1-3-2;1-2;;;;;;;/h3-4,8,12-13,17H,5-7,9-10H2,1-2H3,(H,18,20);1-2H3;1H4;1H;;7*1H/t12?,13-;;;;;;;;;;;/m0.........../s1. The average molecular weight is 593 g/mol. The SMILES string of the molecule is C.CC#CC#CC#CC#CC#CC#CC#CC.CN(C)CCC1CNc2ccc(C[C@H]3COC(=O)N3)cc21.O=O.[HH].[HH].[HH].[HH].[HH].[HH].[HH].[N-]=[N+]=N. The number of fused-ring (bicyclic) bond motifs is 1. The maximum atomic E-state index is 11.1. The molecule has 2 atom stereocenters. The number of alkyl carbamates (subject to hydrolysis) is 1. The Morgan fingerprint density at radius 2 is 1.47 bits per heavy atom. The predicted octanol–water partition coefficient (Wildman–Crippen LogP) is 6.15. The minimum absolute atomic E-state index is 0. The molecule has 1 saturated heterocycles. The normalized spacial score (nSPS) is 13.3. The summed E-state index contributed by atoms with van der Waals surface area (Å²) in [5.74, 6) is 36.2. The first-order valence-electron chi connectivity index (χ1n) is 12.4. The molecule has 1 unspecified atom stereocenters. The van der Waals surface area contributed by atoms with Crippen LogP contribution in [0.25, 0.3) is 10.4 Å². The van der Waals surface area contributed by atoms with Crippen molar-refractivity contribution in [1.29, 1.82) is 5.53 Å². The van der Waals surface area contributed by atoms with Crippen LogP contribution in [0.2, 0.25) is 0 Å². The van der Waals surface area contributed by atoms with Crippen LogP contribution in [-0.2, 0) is 11.2 Å². The second kappa shape index (κ2) is 26.3. The van der Waals surface area contributed by atoms with E-state index < -0.39 is 0 Å². The van der Waals surface area contributed by atoms with E-state index in [2.05, 4.69) is 131 Å². The highest BCUT2D eigenvalue weighted by molar-refractivity contribution is 5.69. The number of nitrogens with zero attached hydrogens (tertiary/aromatic N) is 3. The van der Waals surface area contributed by atoms with Crippen LogP contribution < -0.4 is 10.6 Å². The van der Waals surface area contributed by atoms with Crippen molar-refractivity contribution in [3.05, 3.63) is 49.7 Å². The highest BCUT2D eigenvalue weighted by Crippen LogP contribution is 2.34. The molecular formula is C33H48N6O4. The second-order valence-electron chi connectivity index (χ2n) is 8.34. The van der Waals surface area contributed by atoms with Gasteiger partial charge in [-0.2, -0.15) is 0 Å². The number of amides is 1. The molecule has 1 fully saturated rings. The van der Waals surface area contributed by atoms with Crippen molar-refractivity contribution in [3.63, 3.8) is 0 Å². The molecule has 1 amide bonds. The summed E-state index contributed by atoms with van der Waals surface area (Å²) in [6.45, 7) is 6.01. The number of rotatable bonds is 5. The molecule has 0 aliphatic carbocycles. The number of cyclic esters (lactones) is 1. The van der Waals surface area contributed by atoms with Gasteiger partial charge in [0.1, 0.15) is 6.61 Å². The van der Waals surface area contributed by atoms with Gasteiger partial charge in [0.2, 0.25) is 0 Å². The van der Waals surface area contributed by atoms with Crippen LogP contribution in [0.4, 0.5) is 10.5 Å². The average Bonchev–Trinajstić information content (AvgIpc) is 3.59. The van der Waals surface area contributed by atoms with Crippen molar-refractivity contribution in [3.8, 4) is 82.9 Å². The number of hydrogen-bond acceptors (Lipinski definition) is 7. The molecule has 1 aromatic carbocycles. The Kier molecular flexibility index (Phi) is 24.0. The maximum absolute atomic E-state index is 11.1. The molecule has 10 heteroatoms. The third kappa shape index (κ3) is 18.9. The summed E-state index contributed by atoms with van der Waals surface area (Å²) in [7, 11) is 4.23. The van der Waals surface area contributed by atoms with Crippen molar-refractivity contribution in [2.75, 3.05) is 39.1 Å². The summed E-state index contributed by atoms with van der Waals surface area (Å²) in [4.78, 5) is 29.1. The zero-order valence-corrected chi connectivity index (χ0v) is 23.9. The van der Waals surface area contributed by atoms with Crippen molar-refractivity contribution < 1.29 is 19.5 Å². The van der Waals surface area contributed by atoms with Gasteiger partial charge < -0.3 is 20.3 Å². The van der Waals surface area contributed by atoms with Gasteiger partial charge in [-0.3, -0.25) is 0 Å². The van der Waals surface area contributed by atoms with Crippen molar-refractivity contribution in [1.82, 2.24) is 10.2 Å². The predicted molar refractivity (Wildman–Crippen MR) is 186 cm³/mol. The molecule has 0 saturated carbocycles. The molecule has 2 aliphatic rings. The summed E-state index contributed by atoms with van der Waals surface area (Å²) >= 11 is 0. The van der Waals surface area contributed by atoms with E-state index in [9.17, 15) is 4.79 Å². The largest absolute Gasteiger partial charge is 0.447 e. The lowest BCUT2D eigenvalue weighted by Crippen LogP contribution is -2.28. The molecule has 0 spiro atoms. The summed E-state index contributed by atoms with van der Waals surface area (Å²) in [5.41, 5.74) is 16.2. The maximum Gasteiger partial charge on any atom is 0.407 e. The van der Waals surface area contributed by atoms with E-state index in [-0.39, 0.29) is 29.5 Å². The third-order valence-corrected chi connectivity index (χ3v) is 5.18. The zero-order chi connectivity index (χ0) is 31.4. The Morgan fingerprint density at radius 3 is 1.88 bits per heavy atom. The first-order valence-corrected chi connectivity index (χ1v) is 12.4. The van der Waals surface area contributed by atoms with Crippen LogP contribution in [0.3, 0.4) is 0 Å². The van der Waals surface area contributed by atoms with Gasteiger partial charge in [0.15, 0.2) is 0 Å². The molecule has 3 N–H and O–H groups in total. The van der Waals surface area contributed by atoms with Crippen LogP contribution in [0.5, 0.6) is 0 Å². The van der Waals surface area contributed by atoms with Crippen molar-refractivity contribution in [2.24, 2.45) is 0 Å². The summed E-state index contributed by atoms with van der Waals surface area (Å²) in [6, 6.07) is 6.70. The molecule has 0 bridgehead atoms. The van der Waals surface area contributed by atoms with Gasteiger partial charge in [-0.25, -0.2) is 4.79 Å². The van der Waals surface area contributed by atoms with Gasteiger partial charge in [0, 0.05) is 38.1 Å². The minimum atomic E-state index is -0.299. The topological polar surface area (TPSA) is 148 Å². The Hall–Kier alpha value is -5.92. The van der Waals surface area contributed by atoms with Gasteiger partial charge >= 0.3 is 6.09 Å². The fourth-order valence-corrected chi connectivity index (χ4v) is 3.51. The smallest absolute Gasteiger partial charge is 0.407 e. The Morgan fingerprint density at radius 1 is 0.977 bits per heavy atom. The van der Waals surface area contributed by atoms with E-state index in [4.69, 9.17) is 25.7 Å². The van der Waals surface area contributed by atoms with E-state index in [1.165, 1.54) is 23.2 Å². The third-order valence-electron chi connectivity index (χ3n) is 5.18. The van der Waals surface area contributed by atoms with Crippen LogP contribution in [0, 0.1) is 98.3 Å². The van der Waals surface area contributed by atoms with Gasteiger partial charge in [-0.1, -0.05) is 31.4 Å². The fraction of sp³-hybridized carbons (Fsp3) is 0.364. The van der Waals surface area contributed by atoms with E-state index in [0.29, 0.717) is 12.5 Å². The lowest BCUT2D eigenvalue weighted by molar-refractivity contribution is 0.177. The van der Waals surface area contributed by atoms with Crippen LogP contribution in [-0.4, -0.2) is 50.8 Å². The highest BCUT2D eigenvalue weighted by Gasteiger charge is 2.25. The number of nitrogens with one attached hydrogen (secondary N) is 3. The molecule has 3 rings (SSSR count). The molecule has 234 valence electrons. The lowest BCUT2D eigenvalue weighted by atomic mass is 9.94. The highest BCUT2D eigenvalue weighted by atomic mass is 16.7. The molecule has 0 aromatic heterocycles. The monoisotopic (exact) mass is 592 g/mol. The second-order valence-corrected chi connectivity index (χ2v) is 8.34. The number of carbonyl (C=O) groups is 1. The fourth-order valence-electron chi connectivity index (χ4n) is 3.51. The van der Waals surface area contributed by atoms with Gasteiger partial charge in [-0.05, 0) is 146 Å². The molecule has 2 heterocycles. The zero-order valence-electron chi connectivity index (χ0n) is 23.9. The molecule has 0 radical (unpaired) electrons. The van der Waals surface area contributed by atoms with Gasteiger partial charge in [0.25, 0.3) is 0 Å². The number of anilines is 1. The summed E-state index contributed by atoms with van der Waals surface area (Å²) < 4.78 is 4.95. The lowest BCUT2D eigenvalue weighted by Gasteiger charge is -2.15. The number of hydrogen-bond donors (Lipinski definition) is 3. The Bertz CT molecular complexity index is 1500. The molecular weight excluding hydrogens is 544 g/mol. The first-order chi connectivity index (χ1) is 20.4. The van der Waals surface area contributed by atoms with E-state index in [1.54, 1.807) is 18.8 Å². The van der Waals surface area contributed by atoms with E-state index >= 15 is 0 Å². The Balaban J connectivity index is -0.0000000760. The molecule has 10 nitrogen and oxygen atoms in total. The van der Waals surface area contributed by atoms with E-state index in [1.807, 2.05) is 0 Å². The van der Waals surface area contributed by atoms with Gasteiger partial charge in [0.05, 0.1) is 6.04 Å². The quantitative estimate of drug-likeness (QED) is 0.162. The molecule has 2 aliphatic heterocycles. The molecule has 43 heavy (non-hydrogen) atoms. The minimum Gasteiger partial charge on any atom is -0.447 e. The summed E-state index contributed by atoms with van der Waals surface area (Å²) in [5, 5.41) is 6.33. The van der Waals surface area contributed by atoms with Gasteiger partial charge in [-0.15, -0.1) is 5.53 Å². The van der Waals surface area contributed by atoms with Crippen molar-refractivity contribution in [2.45, 2.75) is 46.1 Å². The van der Waals surface area contributed by atoms with Crippen LogP contribution in [0.1, 0.15) is 54.7 Å². The van der Waals surface area contributed by atoms with E-state index in [0.717, 1.165) is 19.5 Å². The summed E-state index contributed by atoms with van der Waals surface area (Å²) in [6.07, 6.45) is 1.70. The van der Waals surface area contributed by atoms with Crippen LogP contribution >= 0.6 is 0 Å². The number of ether oxygens (including phenoxy) is 1. The van der Waals surface area contributed by atoms with Crippen LogP contribution in [0.15, 0.2) is 18.2 Å². The molecule has 1 aromatic rings. The number of benzene rings is 1. The number of carbonyl (C=O) groups excluding carboxylic acids is 1. The Labute approximate surface area is 265 Å². The van der Waals surface area contributed by atoms with Crippen molar-refractivity contribution >= 4 is 11.8 Å².